The molecular weight excluding hydrogens is 176 g/mol. The average molecular weight is 200 g/mol. The summed E-state index contributed by atoms with van der Waals surface area (Å²) in [7, 11) is 0. The van der Waals surface area contributed by atoms with Crippen LogP contribution in [0.3, 0.4) is 0 Å². The molecule has 0 aromatic carbocycles. The molecule has 1 unspecified atom stereocenters. The predicted molar refractivity (Wildman–Crippen MR) is 59.0 cm³/mol. The smallest absolute Gasteiger partial charge is 0.308 e. The van der Waals surface area contributed by atoms with Gasteiger partial charge in [0.15, 0.2) is 0 Å². The van der Waals surface area contributed by atoms with Gasteiger partial charge in [0.25, 0.3) is 0 Å². The summed E-state index contributed by atoms with van der Waals surface area (Å²) >= 11 is 0. The molecule has 0 heterocycles. The third-order valence-corrected chi connectivity index (χ3v) is 2.17. The Morgan fingerprint density at radius 1 is 1.07 bits per heavy atom. The summed E-state index contributed by atoms with van der Waals surface area (Å²) in [5, 5.41) is 0. The number of ether oxygens (including phenoxy) is 1. The van der Waals surface area contributed by atoms with Crippen LogP contribution in [0.15, 0.2) is 0 Å². The van der Waals surface area contributed by atoms with Crippen LogP contribution >= 0.6 is 0 Å². The Labute approximate surface area is 88.0 Å². The van der Waals surface area contributed by atoms with Crippen molar-refractivity contribution >= 4 is 5.97 Å². The van der Waals surface area contributed by atoms with Crippen LogP contribution in [0, 0.1) is 17.3 Å². The topological polar surface area (TPSA) is 26.3 Å². The Morgan fingerprint density at radius 3 is 1.71 bits per heavy atom. The van der Waals surface area contributed by atoms with E-state index in [0.29, 0.717) is 5.92 Å². The summed E-state index contributed by atoms with van der Waals surface area (Å²) in [5.74, 6) is 0.218. The monoisotopic (exact) mass is 200 g/mol. The van der Waals surface area contributed by atoms with Crippen molar-refractivity contribution < 1.29 is 9.53 Å². The minimum Gasteiger partial charge on any atom is -0.461 e. The molecule has 0 rings (SSSR count). The van der Waals surface area contributed by atoms with Crippen molar-refractivity contribution in [3.63, 3.8) is 0 Å². The van der Waals surface area contributed by atoms with E-state index < -0.39 is 0 Å². The van der Waals surface area contributed by atoms with Gasteiger partial charge in [-0.15, -0.1) is 0 Å². The third-order valence-electron chi connectivity index (χ3n) is 2.17. The summed E-state index contributed by atoms with van der Waals surface area (Å²) in [6.07, 6.45) is -0.00241. The third kappa shape index (κ3) is 4.12. The number of carbonyl (C=O) groups is 1. The molecule has 0 aromatic rings. The largest absolute Gasteiger partial charge is 0.461 e. The highest BCUT2D eigenvalue weighted by Gasteiger charge is 2.31. The van der Waals surface area contributed by atoms with Gasteiger partial charge in [0, 0.05) is 0 Å². The molecule has 2 heteroatoms. The van der Waals surface area contributed by atoms with E-state index in [0.717, 1.165) is 0 Å². The van der Waals surface area contributed by atoms with E-state index in [1.165, 1.54) is 0 Å². The van der Waals surface area contributed by atoms with Gasteiger partial charge in [0.05, 0.1) is 5.92 Å². The lowest BCUT2D eigenvalue weighted by Crippen LogP contribution is -2.37. The molecule has 0 N–H and O–H groups in total. The quantitative estimate of drug-likeness (QED) is 0.654. The van der Waals surface area contributed by atoms with Crippen molar-refractivity contribution in [3.05, 3.63) is 0 Å². The first-order valence-corrected chi connectivity index (χ1v) is 5.36. The Balaban J connectivity index is 4.48. The maximum Gasteiger partial charge on any atom is 0.308 e. The van der Waals surface area contributed by atoms with E-state index in [1.807, 2.05) is 13.8 Å². The first-order chi connectivity index (χ1) is 6.16. The summed E-state index contributed by atoms with van der Waals surface area (Å²) in [5.41, 5.74) is 0.0126. The highest BCUT2D eigenvalue weighted by atomic mass is 16.5. The summed E-state index contributed by atoms with van der Waals surface area (Å²) in [6.45, 7) is 14.2. The van der Waals surface area contributed by atoms with Crippen LogP contribution in [-0.2, 0) is 9.53 Å². The molecule has 0 saturated carbocycles. The molecular formula is C12H24O2. The fourth-order valence-corrected chi connectivity index (χ4v) is 1.57. The molecule has 14 heavy (non-hydrogen) atoms. The van der Waals surface area contributed by atoms with E-state index in [1.54, 1.807) is 0 Å². The number of rotatable bonds is 3. The van der Waals surface area contributed by atoms with E-state index in [9.17, 15) is 4.79 Å². The number of hydrogen-bond donors (Lipinski definition) is 0. The van der Waals surface area contributed by atoms with E-state index in [2.05, 4.69) is 34.6 Å². The lowest BCUT2D eigenvalue weighted by atomic mass is 9.82. The minimum absolute atomic E-state index is 0.00241. The molecule has 0 spiro atoms. The lowest BCUT2D eigenvalue weighted by molar-refractivity contribution is -0.162. The molecule has 0 fully saturated rings. The molecule has 0 aliphatic carbocycles. The van der Waals surface area contributed by atoms with E-state index >= 15 is 0 Å². The van der Waals surface area contributed by atoms with Crippen molar-refractivity contribution in [1.29, 1.82) is 0 Å². The zero-order valence-corrected chi connectivity index (χ0v) is 10.5. The molecule has 0 bridgehead atoms. The Morgan fingerprint density at radius 2 is 1.50 bits per heavy atom. The fraction of sp³-hybridized carbons (Fsp3) is 0.917. The van der Waals surface area contributed by atoms with Crippen LogP contribution in [0.2, 0.25) is 0 Å². The van der Waals surface area contributed by atoms with Crippen LogP contribution in [0.4, 0.5) is 0 Å². The molecule has 0 aromatic heterocycles. The SMILES string of the molecule is CC(C)C(=O)OC(C(C)C)C(C)(C)C. The molecule has 0 aliphatic rings. The second-order valence-corrected chi connectivity index (χ2v) is 5.62. The number of carbonyl (C=O) groups excluding carboxylic acids is 1. The van der Waals surface area contributed by atoms with Gasteiger partial charge in [0.2, 0.25) is 0 Å². The highest BCUT2D eigenvalue weighted by molar-refractivity contribution is 5.71. The molecule has 0 radical (unpaired) electrons. The first-order valence-electron chi connectivity index (χ1n) is 5.36. The molecule has 1 atom stereocenters. The second-order valence-electron chi connectivity index (χ2n) is 5.62. The van der Waals surface area contributed by atoms with Crippen LogP contribution < -0.4 is 0 Å². The highest BCUT2D eigenvalue weighted by Crippen LogP contribution is 2.28. The first kappa shape index (κ1) is 13.5. The van der Waals surface area contributed by atoms with Gasteiger partial charge in [-0.05, 0) is 11.3 Å². The van der Waals surface area contributed by atoms with Gasteiger partial charge < -0.3 is 4.74 Å². The van der Waals surface area contributed by atoms with Crippen molar-refractivity contribution in [2.45, 2.75) is 54.6 Å². The standard InChI is InChI=1S/C12H24O2/c1-8(2)10(12(5,6)7)14-11(13)9(3)4/h8-10H,1-7H3. The minimum atomic E-state index is -0.0985. The lowest BCUT2D eigenvalue weighted by Gasteiger charge is -2.33. The van der Waals surface area contributed by atoms with Crippen LogP contribution in [0.25, 0.3) is 0 Å². The molecule has 84 valence electrons. The normalized spacial score (nSPS) is 14.6. The van der Waals surface area contributed by atoms with Gasteiger partial charge in [-0.3, -0.25) is 4.79 Å². The zero-order valence-electron chi connectivity index (χ0n) is 10.5. The van der Waals surface area contributed by atoms with Crippen LogP contribution in [-0.4, -0.2) is 12.1 Å². The van der Waals surface area contributed by atoms with Gasteiger partial charge in [0.1, 0.15) is 6.10 Å². The van der Waals surface area contributed by atoms with Crippen LogP contribution in [0.1, 0.15) is 48.5 Å². The summed E-state index contributed by atoms with van der Waals surface area (Å²) < 4.78 is 5.50. The number of esters is 1. The fourth-order valence-electron chi connectivity index (χ4n) is 1.57. The summed E-state index contributed by atoms with van der Waals surface area (Å²) in [6, 6.07) is 0. The van der Waals surface area contributed by atoms with Crippen molar-refractivity contribution in [2.75, 3.05) is 0 Å². The van der Waals surface area contributed by atoms with Crippen molar-refractivity contribution in [3.8, 4) is 0 Å². The van der Waals surface area contributed by atoms with Gasteiger partial charge >= 0.3 is 5.97 Å². The molecule has 0 amide bonds. The Kier molecular flexibility index (Phi) is 4.63. The van der Waals surface area contributed by atoms with Crippen molar-refractivity contribution in [2.24, 2.45) is 17.3 Å². The van der Waals surface area contributed by atoms with E-state index in [-0.39, 0.29) is 23.4 Å². The Hall–Kier alpha value is -0.530. The predicted octanol–water partition coefficient (Wildman–Crippen LogP) is 3.26. The summed E-state index contributed by atoms with van der Waals surface area (Å²) in [4.78, 5) is 11.5. The molecule has 2 nitrogen and oxygen atoms in total. The zero-order chi connectivity index (χ0) is 11.5. The average Bonchev–Trinajstić information content (AvgIpc) is 1.96. The number of hydrogen-bond acceptors (Lipinski definition) is 2. The molecule has 0 aliphatic heterocycles. The maximum absolute atomic E-state index is 11.5. The van der Waals surface area contributed by atoms with Gasteiger partial charge in [-0.25, -0.2) is 0 Å². The van der Waals surface area contributed by atoms with Crippen molar-refractivity contribution in [1.82, 2.24) is 0 Å². The second kappa shape index (κ2) is 4.81. The van der Waals surface area contributed by atoms with Gasteiger partial charge in [-0.1, -0.05) is 48.5 Å². The van der Waals surface area contributed by atoms with Crippen LogP contribution in [0.5, 0.6) is 0 Å². The Bertz CT molecular complexity index is 187. The van der Waals surface area contributed by atoms with E-state index in [4.69, 9.17) is 4.74 Å². The van der Waals surface area contributed by atoms with Gasteiger partial charge in [-0.2, -0.15) is 0 Å². The maximum atomic E-state index is 11.5. The molecule has 0 saturated heterocycles.